The number of ether oxygens (including phenoxy) is 2. The van der Waals surface area contributed by atoms with Crippen molar-refractivity contribution in [1.82, 2.24) is 0 Å². The number of unbranched alkanes of at least 4 members (excludes halogenated alkanes) is 8. The molecule has 0 aliphatic carbocycles. The minimum Gasteiger partial charge on any atom is -0.465 e. The van der Waals surface area contributed by atoms with Crippen LogP contribution in [0.3, 0.4) is 0 Å². The predicted octanol–water partition coefficient (Wildman–Crippen LogP) is 5.02. The van der Waals surface area contributed by atoms with Gasteiger partial charge in [0.05, 0.1) is 13.2 Å². The minimum absolute atomic E-state index is 0.290. The van der Waals surface area contributed by atoms with Crippen molar-refractivity contribution in [2.24, 2.45) is 5.92 Å². The van der Waals surface area contributed by atoms with Crippen LogP contribution < -0.4 is 0 Å². The highest BCUT2D eigenvalue weighted by Gasteiger charge is 2.27. The Hall–Kier alpha value is -0.580. The molecule has 0 aliphatic rings. The molecule has 0 aromatic rings. The Morgan fingerprint density at radius 2 is 1.26 bits per heavy atom. The normalized spacial score (nSPS) is 12.0. The van der Waals surface area contributed by atoms with Crippen LogP contribution in [-0.4, -0.2) is 30.5 Å². The second-order valence-electron chi connectivity index (χ2n) is 5.75. The number of rotatable bonds is 15. The maximum atomic E-state index is 11.8. The quantitative estimate of drug-likeness (QED) is 0.170. The molecule has 0 bridgehead atoms. The predicted molar refractivity (Wildman–Crippen MR) is 96.7 cm³/mol. The molecule has 0 aliphatic heterocycles. The Balaban J connectivity index is 3.52. The van der Waals surface area contributed by atoms with Gasteiger partial charge in [0, 0.05) is 5.33 Å². The van der Waals surface area contributed by atoms with E-state index >= 15 is 0 Å². The zero-order valence-corrected chi connectivity index (χ0v) is 16.4. The molecule has 0 saturated carbocycles. The van der Waals surface area contributed by atoms with E-state index in [4.69, 9.17) is 9.47 Å². The van der Waals surface area contributed by atoms with Gasteiger partial charge < -0.3 is 9.47 Å². The molecule has 0 spiro atoms. The second kappa shape index (κ2) is 16.3. The molecule has 23 heavy (non-hydrogen) atoms. The van der Waals surface area contributed by atoms with Crippen LogP contribution in [0.25, 0.3) is 0 Å². The standard InChI is InChI=1S/C18H33BrO4/c1-3-16(17(20)22-4-2)18(21)23-15-13-11-9-7-5-6-8-10-12-14-19/h16H,3-15H2,1-2H3. The molecule has 0 heterocycles. The molecule has 0 fully saturated rings. The summed E-state index contributed by atoms with van der Waals surface area (Å²) >= 11 is 3.45. The lowest BCUT2D eigenvalue weighted by Crippen LogP contribution is -2.27. The Labute approximate surface area is 149 Å². The monoisotopic (exact) mass is 392 g/mol. The van der Waals surface area contributed by atoms with Gasteiger partial charge in [-0.2, -0.15) is 0 Å². The summed E-state index contributed by atoms with van der Waals surface area (Å²) in [7, 11) is 0. The minimum atomic E-state index is -0.769. The zero-order valence-electron chi connectivity index (χ0n) is 14.8. The van der Waals surface area contributed by atoms with Gasteiger partial charge >= 0.3 is 11.9 Å². The number of halogens is 1. The highest BCUT2D eigenvalue weighted by atomic mass is 79.9. The number of hydrogen-bond donors (Lipinski definition) is 0. The van der Waals surface area contributed by atoms with Crippen LogP contribution >= 0.6 is 15.9 Å². The van der Waals surface area contributed by atoms with Gasteiger partial charge in [0.15, 0.2) is 5.92 Å². The van der Waals surface area contributed by atoms with Crippen molar-refractivity contribution in [3.05, 3.63) is 0 Å². The molecule has 4 nitrogen and oxygen atoms in total. The average Bonchev–Trinajstić information content (AvgIpc) is 2.53. The first-order valence-electron chi connectivity index (χ1n) is 9.06. The molecule has 1 atom stereocenters. The van der Waals surface area contributed by atoms with Crippen molar-refractivity contribution in [3.63, 3.8) is 0 Å². The van der Waals surface area contributed by atoms with Crippen LogP contribution in [0.4, 0.5) is 0 Å². The summed E-state index contributed by atoms with van der Waals surface area (Å²) in [5.74, 6) is -1.69. The lowest BCUT2D eigenvalue weighted by Gasteiger charge is -2.12. The molecule has 0 amide bonds. The molecule has 0 saturated heterocycles. The van der Waals surface area contributed by atoms with Crippen molar-refractivity contribution in [3.8, 4) is 0 Å². The van der Waals surface area contributed by atoms with E-state index < -0.39 is 17.9 Å². The Bertz CT molecular complexity index is 307. The molecule has 136 valence electrons. The third kappa shape index (κ3) is 12.5. The topological polar surface area (TPSA) is 52.6 Å². The third-order valence-corrected chi connectivity index (χ3v) is 4.35. The SMILES string of the molecule is CCOC(=O)C(CC)C(=O)OCCCCCCCCCCCBr. The van der Waals surface area contributed by atoms with Crippen LogP contribution in [0.15, 0.2) is 0 Å². The first kappa shape index (κ1) is 22.4. The van der Waals surface area contributed by atoms with Gasteiger partial charge in [-0.05, 0) is 26.2 Å². The average molecular weight is 393 g/mol. The summed E-state index contributed by atoms with van der Waals surface area (Å²) in [5.41, 5.74) is 0. The lowest BCUT2D eigenvalue weighted by molar-refractivity contribution is -0.162. The maximum Gasteiger partial charge on any atom is 0.320 e. The summed E-state index contributed by atoms with van der Waals surface area (Å²) in [6.45, 7) is 4.22. The van der Waals surface area contributed by atoms with Crippen molar-refractivity contribution in [1.29, 1.82) is 0 Å². The zero-order chi connectivity index (χ0) is 17.3. The first-order valence-corrected chi connectivity index (χ1v) is 10.2. The van der Waals surface area contributed by atoms with Crippen molar-refractivity contribution >= 4 is 27.9 Å². The molecule has 0 N–H and O–H groups in total. The summed E-state index contributed by atoms with van der Waals surface area (Å²) in [6.07, 6.45) is 11.3. The smallest absolute Gasteiger partial charge is 0.320 e. The van der Waals surface area contributed by atoms with E-state index in [1.54, 1.807) is 13.8 Å². The molecule has 0 aromatic heterocycles. The van der Waals surface area contributed by atoms with Crippen molar-refractivity contribution in [2.75, 3.05) is 18.5 Å². The van der Waals surface area contributed by atoms with Crippen LogP contribution in [-0.2, 0) is 19.1 Å². The van der Waals surface area contributed by atoms with Crippen LogP contribution in [0.5, 0.6) is 0 Å². The van der Waals surface area contributed by atoms with E-state index in [1.807, 2.05) is 0 Å². The molecular weight excluding hydrogens is 360 g/mol. The Kier molecular flexibility index (Phi) is 15.9. The maximum absolute atomic E-state index is 11.8. The fourth-order valence-corrected chi connectivity index (χ4v) is 2.78. The van der Waals surface area contributed by atoms with Gasteiger partial charge in [0.2, 0.25) is 0 Å². The summed E-state index contributed by atoms with van der Waals surface area (Å²) < 4.78 is 10.1. The van der Waals surface area contributed by atoms with E-state index in [0.717, 1.165) is 18.2 Å². The van der Waals surface area contributed by atoms with E-state index in [0.29, 0.717) is 19.6 Å². The molecule has 5 heteroatoms. The number of hydrogen-bond acceptors (Lipinski definition) is 4. The second-order valence-corrected chi connectivity index (χ2v) is 6.54. The summed E-state index contributed by atoms with van der Waals surface area (Å²) in [6, 6.07) is 0. The number of carbonyl (C=O) groups excluding carboxylic acids is 2. The van der Waals surface area contributed by atoms with E-state index in [9.17, 15) is 9.59 Å². The van der Waals surface area contributed by atoms with Gasteiger partial charge in [-0.25, -0.2) is 0 Å². The highest BCUT2D eigenvalue weighted by molar-refractivity contribution is 9.09. The van der Waals surface area contributed by atoms with Crippen LogP contribution in [0.2, 0.25) is 0 Å². The van der Waals surface area contributed by atoms with E-state index in [2.05, 4.69) is 15.9 Å². The molecule has 0 rings (SSSR count). The third-order valence-electron chi connectivity index (χ3n) is 3.79. The van der Waals surface area contributed by atoms with Crippen molar-refractivity contribution in [2.45, 2.75) is 78.1 Å². The molecule has 1 unspecified atom stereocenters. The fraction of sp³-hybridized carbons (Fsp3) is 0.889. The van der Waals surface area contributed by atoms with E-state index in [1.165, 1.54) is 44.9 Å². The summed E-state index contributed by atoms with van der Waals surface area (Å²) in [5, 5.41) is 1.11. The fourth-order valence-electron chi connectivity index (χ4n) is 2.38. The largest absolute Gasteiger partial charge is 0.465 e. The number of carbonyl (C=O) groups is 2. The van der Waals surface area contributed by atoms with Gasteiger partial charge in [-0.15, -0.1) is 0 Å². The van der Waals surface area contributed by atoms with E-state index in [-0.39, 0.29) is 0 Å². The van der Waals surface area contributed by atoms with Gasteiger partial charge in [0.1, 0.15) is 0 Å². The van der Waals surface area contributed by atoms with Gasteiger partial charge in [-0.1, -0.05) is 67.8 Å². The van der Waals surface area contributed by atoms with Gasteiger partial charge in [-0.3, -0.25) is 9.59 Å². The number of alkyl halides is 1. The highest BCUT2D eigenvalue weighted by Crippen LogP contribution is 2.12. The van der Waals surface area contributed by atoms with Crippen LogP contribution in [0.1, 0.15) is 78.1 Å². The Morgan fingerprint density at radius 1 is 0.783 bits per heavy atom. The Morgan fingerprint density at radius 3 is 1.74 bits per heavy atom. The van der Waals surface area contributed by atoms with Gasteiger partial charge in [0.25, 0.3) is 0 Å². The molecule has 0 aromatic carbocycles. The molecular formula is C18H33BrO4. The lowest BCUT2D eigenvalue weighted by atomic mass is 10.1. The summed E-state index contributed by atoms with van der Waals surface area (Å²) in [4.78, 5) is 23.4. The first-order chi connectivity index (χ1) is 11.2. The number of esters is 2. The van der Waals surface area contributed by atoms with Crippen LogP contribution in [0, 0.1) is 5.92 Å². The molecule has 0 radical (unpaired) electrons. The van der Waals surface area contributed by atoms with Crippen molar-refractivity contribution < 1.29 is 19.1 Å².